The molecule has 6 heteroatoms. The zero-order chi connectivity index (χ0) is 18.4. The molecule has 2 atom stereocenters. The first-order valence-corrected chi connectivity index (χ1v) is 10.7. The van der Waals surface area contributed by atoms with Gasteiger partial charge in [0, 0.05) is 49.4 Å². The summed E-state index contributed by atoms with van der Waals surface area (Å²) in [6.07, 6.45) is 3.84. The second-order valence-electron chi connectivity index (χ2n) is 7.34. The van der Waals surface area contributed by atoms with Crippen LogP contribution in [0.5, 0.6) is 0 Å². The lowest BCUT2D eigenvalue weighted by molar-refractivity contribution is 0.267. The number of likely N-dealkylation sites (tertiary alicyclic amines) is 1. The van der Waals surface area contributed by atoms with Gasteiger partial charge in [0.15, 0.2) is 5.96 Å². The van der Waals surface area contributed by atoms with E-state index < -0.39 is 0 Å². The number of guanidine groups is 1. The zero-order valence-electron chi connectivity index (χ0n) is 16.0. The smallest absolute Gasteiger partial charge is 0.191 e. The number of nitrogens with one attached hydrogen (secondary N) is 2. The number of hydrogen-bond donors (Lipinski definition) is 2. The summed E-state index contributed by atoms with van der Waals surface area (Å²) >= 11 is 3.51. The van der Waals surface area contributed by atoms with Gasteiger partial charge in [-0.15, -0.1) is 0 Å². The molecule has 0 saturated carbocycles. The van der Waals surface area contributed by atoms with Crippen LogP contribution in [0.1, 0.15) is 26.2 Å². The molecule has 3 rings (SSSR count). The summed E-state index contributed by atoms with van der Waals surface area (Å²) in [6, 6.07) is 9.28. The third-order valence-corrected chi connectivity index (χ3v) is 6.20. The molecule has 26 heavy (non-hydrogen) atoms. The molecule has 2 unspecified atom stereocenters. The molecule has 0 spiro atoms. The van der Waals surface area contributed by atoms with E-state index in [2.05, 4.69) is 72.5 Å². The van der Waals surface area contributed by atoms with Crippen LogP contribution in [0.15, 0.2) is 33.7 Å². The summed E-state index contributed by atoms with van der Waals surface area (Å²) < 4.78 is 1.14. The van der Waals surface area contributed by atoms with Gasteiger partial charge in [-0.3, -0.25) is 9.89 Å². The van der Waals surface area contributed by atoms with Gasteiger partial charge in [0.05, 0.1) is 0 Å². The highest BCUT2D eigenvalue weighted by atomic mass is 79.9. The highest BCUT2D eigenvalue weighted by Gasteiger charge is 2.24. The van der Waals surface area contributed by atoms with E-state index in [1.165, 1.54) is 31.5 Å². The van der Waals surface area contributed by atoms with Crippen molar-refractivity contribution in [2.45, 2.75) is 32.2 Å². The van der Waals surface area contributed by atoms with Gasteiger partial charge in [0.25, 0.3) is 0 Å². The Morgan fingerprint density at radius 3 is 2.65 bits per heavy atom. The van der Waals surface area contributed by atoms with Crippen LogP contribution in [0.3, 0.4) is 0 Å². The fourth-order valence-corrected chi connectivity index (χ4v) is 4.37. The van der Waals surface area contributed by atoms with E-state index in [4.69, 9.17) is 0 Å². The molecule has 2 saturated heterocycles. The number of aliphatic imine (C=N–C) groups is 1. The molecule has 0 aromatic heterocycles. The lowest BCUT2D eigenvalue weighted by atomic mass is 10.1. The van der Waals surface area contributed by atoms with Crippen molar-refractivity contribution in [2.24, 2.45) is 10.9 Å². The summed E-state index contributed by atoms with van der Waals surface area (Å²) in [5, 5.41) is 7.06. The van der Waals surface area contributed by atoms with Crippen molar-refractivity contribution >= 4 is 27.6 Å². The van der Waals surface area contributed by atoms with Gasteiger partial charge in [-0.25, -0.2) is 0 Å². The average molecular weight is 422 g/mol. The lowest BCUT2D eigenvalue weighted by Crippen LogP contribution is -2.46. The number of benzene rings is 1. The van der Waals surface area contributed by atoms with Crippen molar-refractivity contribution < 1.29 is 0 Å². The second kappa shape index (κ2) is 9.60. The SMILES string of the molecule is CCN1CCCC1CNC(=NC)NCC1CCN(c2ccc(Br)cc2)C1. The van der Waals surface area contributed by atoms with Crippen molar-refractivity contribution in [1.82, 2.24) is 15.5 Å². The van der Waals surface area contributed by atoms with Gasteiger partial charge in [0.2, 0.25) is 0 Å². The van der Waals surface area contributed by atoms with Crippen LogP contribution in [-0.2, 0) is 0 Å². The van der Waals surface area contributed by atoms with Gasteiger partial charge in [-0.2, -0.15) is 0 Å². The molecule has 5 nitrogen and oxygen atoms in total. The summed E-state index contributed by atoms with van der Waals surface area (Å²) in [6.45, 7) is 8.85. The van der Waals surface area contributed by atoms with Gasteiger partial charge in [-0.05, 0) is 62.5 Å². The van der Waals surface area contributed by atoms with E-state index >= 15 is 0 Å². The number of nitrogens with zero attached hydrogens (tertiary/aromatic N) is 3. The van der Waals surface area contributed by atoms with Crippen LogP contribution < -0.4 is 15.5 Å². The molecule has 2 N–H and O–H groups in total. The predicted octanol–water partition coefficient (Wildman–Crippen LogP) is 2.92. The number of halogens is 1. The minimum atomic E-state index is 0.651. The highest BCUT2D eigenvalue weighted by molar-refractivity contribution is 9.10. The van der Waals surface area contributed by atoms with Crippen LogP contribution in [-0.4, -0.2) is 63.2 Å². The molecule has 2 aliphatic heterocycles. The Balaban J connectivity index is 1.41. The fraction of sp³-hybridized carbons (Fsp3) is 0.650. The number of anilines is 1. The molecule has 0 aliphatic carbocycles. The van der Waals surface area contributed by atoms with E-state index in [0.29, 0.717) is 12.0 Å². The van der Waals surface area contributed by atoms with Crippen LogP contribution in [0.2, 0.25) is 0 Å². The summed E-state index contributed by atoms with van der Waals surface area (Å²) in [7, 11) is 1.87. The van der Waals surface area contributed by atoms with Crippen LogP contribution in [0.4, 0.5) is 5.69 Å². The topological polar surface area (TPSA) is 42.9 Å². The standard InChI is InChI=1S/C20H32BrN5/c1-3-25-11-4-5-19(25)14-24-20(22-2)23-13-16-10-12-26(15-16)18-8-6-17(21)7-9-18/h6-9,16,19H,3-5,10-15H2,1-2H3,(H2,22,23,24). The third-order valence-electron chi connectivity index (χ3n) is 5.67. The van der Waals surface area contributed by atoms with Gasteiger partial charge in [0.1, 0.15) is 0 Å². The fourth-order valence-electron chi connectivity index (χ4n) is 4.10. The predicted molar refractivity (Wildman–Crippen MR) is 114 cm³/mol. The first-order valence-electron chi connectivity index (χ1n) is 9.88. The zero-order valence-corrected chi connectivity index (χ0v) is 17.6. The van der Waals surface area contributed by atoms with E-state index in [0.717, 1.165) is 43.2 Å². The molecule has 1 aromatic rings. The summed E-state index contributed by atoms with van der Waals surface area (Å²) in [5.74, 6) is 1.60. The van der Waals surface area contributed by atoms with Gasteiger partial charge < -0.3 is 15.5 Å². The van der Waals surface area contributed by atoms with Crippen molar-refractivity contribution in [2.75, 3.05) is 51.2 Å². The Hall–Kier alpha value is -1.27. The molecule has 1 aromatic carbocycles. The van der Waals surface area contributed by atoms with E-state index in [1.807, 2.05) is 7.05 Å². The van der Waals surface area contributed by atoms with Crippen molar-refractivity contribution in [3.63, 3.8) is 0 Å². The molecule has 0 bridgehead atoms. The van der Waals surface area contributed by atoms with E-state index in [1.54, 1.807) is 0 Å². The average Bonchev–Trinajstić information content (AvgIpc) is 3.31. The van der Waals surface area contributed by atoms with Gasteiger partial charge in [-0.1, -0.05) is 22.9 Å². The van der Waals surface area contributed by atoms with E-state index in [-0.39, 0.29) is 0 Å². The summed E-state index contributed by atoms with van der Waals surface area (Å²) in [5.41, 5.74) is 1.32. The maximum atomic E-state index is 4.40. The largest absolute Gasteiger partial charge is 0.371 e. The van der Waals surface area contributed by atoms with Crippen molar-refractivity contribution in [3.05, 3.63) is 28.7 Å². The minimum Gasteiger partial charge on any atom is -0.371 e. The molecular weight excluding hydrogens is 390 g/mol. The molecule has 2 heterocycles. The molecule has 2 aliphatic rings. The maximum Gasteiger partial charge on any atom is 0.191 e. The quantitative estimate of drug-likeness (QED) is 0.547. The van der Waals surface area contributed by atoms with E-state index in [9.17, 15) is 0 Å². The second-order valence-corrected chi connectivity index (χ2v) is 8.25. The number of rotatable bonds is 6. The van der Waals surface area contributed by atoms with Crippen LogP contribution in [0.25, 0.3) is 0 Å². The molecule has 144 valence electrons. The minimum absolute atomic E-state index is 0.651. The van der Waals surface area contributed by atoms with Gasteiger partial charge >= 0.3 is 0 Å². The number of likely N-dealkylation sites (N-methyl/N-ethyl adjacent to an activating group) is 1. The Labute approximate surface area is 166 Å². The third kappa shape index (κ3) is 5.13. The molecule has 0 amide bonds. The summed E-state index contributed by atoms with van der Waals surface area (Å²) in [4.78, 5) is 9.45. The molecule has 2 fully saturated rings. The van der Waals surface area contributed by atoms with Crippen LogP contribution in [0, 0.1) is 5.92 Å². The Morgan fingerprint density at radius 1 is 1.15 bits per heavy atom. The Morgan fingerprint density at radius 2 is 1.92 bits per heavy atom. The van der Waals surface area contributed by atoms with Crippen molar-refractivity contribution in [3.8, 4) is 0 Å². The molecular formula is C20H32BrN5. The first-order chi connectivity index (χ1) is 12.7. The monoisotopic (exact) mass is 421 g/mol. The molecule has 0 radical (unpaired) electrons. The van der Waals surface area contributed by atoms with Crippen molar-refractivity contribution in [1.29, 1.82) is 0 Å². The maximum absolute atomic E-state index is 4.40. The highest BCUT2D eigenvalue weighted by Crippen LogP contribution is 2.25. The van der Waals surface area contributed by atoms with Crippen LogP contribution >= 0.6 is 15.9 Å². The lowest BCUT2D eigenvalue weighted by Gasteiger charge is -2.24. The Kier molecular flexibility index (Phi) is 7.20. The number of hydrogen-bond acceptors (Lipinski definition) is 3. The Bertz CT molecular complexity index is 588. The normalized spacial score (nSPS) is 24.3. The first kappa shape index (κ1) is 19.5.